The van der Waals surface area contributed by atoms with Crippen molar-refractivity contribution in [3.05, 3.63) is 89.4 Å². The van der Waals surface area contributed by atoms with E-state index in [0.29, 0.717) is 22.6 Å². The van der Waals surface area contributed by atoms with Crippen molar-refractivity contribution in [1.29, 1.82) is 0 Å². The van der Waals surface area contributed by atoms with Gasteiger partial charge in [0.1, 0.15) is 18.1 Å². The number of ether oxygens (including phenoxy) is 1. The number of benzene rings is 2. The molecule has 0 aliphatic rings. The van der Waals surface area contributed by atoms with Gasteiger partial charge in [-0.25, -0.2) is 0 Å². The fourth-order valence-electron chi connectivity index (χ4n) is 2.83. The van der Waals surface area contributed by atoms with Crippen molar-refractivity contribution in [2.45, 2.75) is 13.2 Å². The predicted molar refractivity (Wildman–Crippen MR) is 108 cm³/mol. The number of para-hydroxylation sites is 1. The molecule has 0 saturated heterocycles. The van der Waals surface area contributed by atoms with Gasteiger partial charge in [0.2, 0.25) is 0 Å². The monoisotopic (exact) mass is 388 g/mol. The van der Waals surface area contributed by atoms with E-state index in [0.717, 1.165) is 5.56 Å². The van der Waals surface area contributed by atoms with Crippen LogP contribution in [0, 0.1) is 12.3 Å². The summed E-state index contributed by atoms with van der Waals surface area (Å²) in [7, 11) is 0. The summed E-state index contributed by atoms with van der Waals surface area (Å²) in [5.41, 5.74) is 6.93. The highest BCUT2D eigenvalue weighted by molar-refractivity contribution is 5.95. The van der Waals surface area contributed by atoms with E-state index in [2.05, 4.69) is 5.92 Å². The van der Waals surface area contributed by atoms with Gasteiger partial charge in [-0.1, -0.05) is 30.2 Å². The summed E-state index contributed by atoms with van der Waals surface area (Å²) >= 11 is 0. The quantitative estimate of drug-likeness (QED) is 0.600. The molecule has 0 fully saturated rings. The number of amides is 2. The lowest BCUT2D eigenvalue weighted by Crippen LogP contribution is -2.30. The third kappa shape index (κ3) is 5.05. The molecule has 2 N–H and O–H groups in total. The molecule has 0 radical (unpaired) electrons. The average molecular weight is 388 g/mol. The zero-order chi connectivity index (χ0) is 20.6. The van der Waals surface area contributed by atoms with Crippen LogP contribution in [0.15, 0.2) is 71.3 Å². The topological polar surface area (TPSA) is 85.8 Å². The van der Waals surface area contributed by atoms with Crippen LogP contribution in [0.1, 0.15) is 32.0 Å². The minimum Gasteiger partial charge on any atom is -0.488 e. The summed E-state index contributed by atoms with van der Waals surface area (Å²) < 4.78 is 11.1. The molecule has 6 heteroatoms. The standard InChI is InChI=1S/C23H20N2O4/c1-2-12-25(15-19-9-6-13-28-19)23(27)18-8-5-7-17(14-18)16-29-21-11-4-3-10-20(21)22(24)26/h1,3-11,13-14H,12,15-16H2,(H2,24,26). The molecule has 6 nitrogen and oxygen atoms in total. The summed E-state index contributed by atoms with van der Waals surface area (Å²) in [4.78, 5) is 26.0. The van der Waals surface area contributed by atoms with Gasteiger partial charge in [0.15, 0.2) is 0 Å². The maximum Gasteiger partial charge on any atom is 0.255 e. The van der Waals surface area contributed by atoms with E-state index in [1.165, 1.54) is 4.90 Å². The first-order chi connectivity index (χ1) is 14.1. The third-order valence-electron chi connectivity index (χ3n) is 4.22. The molecule has 0 atom stereocenters. The molecule has 1 aromatic heterocycles. The maximum atomic E-state index is 12.9. The smallest absolute Gasteiger partial charge is 0.255 e. The average Bonchev–Trinajstić information content (AvgIpc) is 3.25. The molecule has 2 aromatic carbocycles. The number of hydrogen-bond donors (Lipinski definition) is 1. The highest BCUT2D eigenvalue weighted by atomic mass is 16.5. The highest BCUT2D eigenvalue weighted by Gasteiger charge is 2.17. The van der Waals surface area contributed by atoms with Crippen LogP contribution in [0.3, 0.4) is 0 Å². The minimum atomic E-state index is -0.563. The van der Waals surface area contributed by atoms with Crippen molar-refractivity contribution in [1.82, 2.24) is 4.90 Å². The Labute approximate surface area is 168 Å². The van der Waals surface area contributed by atoms with Gasteiger partial charge >= 0.3 is 0 Å². The third-order valence-corrected chi connectivity index (χ3v) is 4.22. The predicted octanol–water partition coefficient (Wildman–Crippen LogP) is 3.23. The van der Waals surface area contributed by atoms with Gasteiger partial charge in [-0.15, -0.1) is 6.42 Å². The molecule has 146 valence electrons. The lowest BCUT2D eigenvalue weighted by molar-refractivity contribution is 0.0755. The molecule has 0 spiro atoms. The molecule has 0 aliphatic carbocycles. The molecular formula is C23H20N2O4. The number of terminal acetylenes is 1. The zero-order valence-electron chi connectivity index (χ0n) is 15.7. The Morgan fingerprint density at radius 3 is 2.66 bits per heavy atom. The van der Waals surface area contributed by atoms with Gasteiger partial charge in [0, 0.05) is 5.56 Å². The molecule has 0 bridgehead atoms. The van der Waals surface area contributed by atoms with Crippen molar-refractivity contribution < 1.29 is 18.7 Å². The second-order valence-corrected chi connectivity index (χ2v) is 6.29. The molecule has 0 unspecified atom stereocenters. The SMILES string of the molecule is C#CCN(Cc1ccco1)C(=O)c1cccc(COc2ccccc2C(N)=O)c1. The molecule has 3 aromatic rings. The number of furan rings is 1. The molecule has 1 heterocycles. The van der Waals surface area contributed by atoms with E-state index < -0.39 is 5.91 Å². The molecule has 0 saturated carbocycles. The Balaban J connectivity index is 1.74. The number of rotatable bonds is 8. The van der Waals surface area contributed by atoms with Crippen LogP contribution in [0.25, 0.3) is 0 Å². The molecule has 3 rings (SSSR count). The fraction of sp³-hybridized carbons (Fsp3) is 0.130. The number of carbonyl (C=O) groups excluding carboxylic acids is 2. The van der Waals surface area contributed by atoms with Gasteiger partial charge in [-0.05, 0) is 42.0 Å². The van der Waals surface area contributed by atoms with Crippen molar-refractivity contribution >= 4 is 11.8 Å². The maximum absolute atomic E-state index is 12.9. The minimum absolute atomic E-state index is 0.159. The number of hydrogen-bond acceptors (Lipinski definition) is 4. The van der Waals surface area contributed by atoms with Crippen LogP contribution >= 0.6 is 0 Å². The first-order valence-electron chi connectivity index (χ1n) is 8.94. The van der Waals surface area contributed by atoms with Gasteiger partial charge in [-0.3, -0.25) is 9.59 Å². The first kappa shape index (κ1) is 19.8. The Hall–Kier alpha value is -3.98. The fourth-order valence-corrected chi connectivity index (χ4v) is 2.83. The van der Waals surface area contributed by atoms with Gasteiger partial charge in [0.25, 0.3) is 11.8 Å². The molecule has 29 heavy (non-hydrogen) atoms. The second-order valence-electron chi connectivity index (χ2n) is 6.29. The Bertz CT molecular complexity index is 1040. The summed E-state index contributed by atoms with van der Waals surface area (Å²) in [5.74, 6) is 2.77. The van der Waals surface area contributed by atoms with Crippen LogP contribution in [-0.2, 0) is 13.2 Å². The molecule has 2 amide bonds. The number of primary amides is 1. The van der Waals surface area contributed by atoms with Crippen molar-refractivity contribution in [3.63, 3.8) is 0 Å². The Morgan fingerprint density at radius 2 is 1.93 bits per heavy atom. The lowest BCUT2D eigenvalue weighted by atomic mass is 10.1. The largest absolute Gasteiger partial charge is 0.488 e. The summed E-state index contributed by atoms with van der Waals surface area (Å²) in [6.07, 6.45) is 6.97. The van der Waals surface area contributed by atoms with Crippen molar-refractivity contribution in [2.75, 3.05) is 6.54 Å². The number of carbonyl (C=O) groups is 2. The normalized spacial score (nSPS) is 10.2. The summed E-state index contributed by atoms with van der Waals surface area (Å²) in [6, 6.07) is 17.4. The van der Waals surface area contributed by atoms with E-state index in [1.54, 1.807) is 60.9 Å². The second kappa shape index (κ2) is 9.29. The van der Waals surface area contributed by atoms with Crippen LogP contribution in [0.4, 0.5) is 0 Å². The lowest BCUT2D eigenvalue weighted by Gasteiger charge is -2.19. The van der Waals surface area contributed by atoms with E-state index >= 15 is 0 Å². The molecular weight excluding hydrogens is 368 g/mol. The van der Waals surface area contributed by atoms with Gasteiger partial charge in [-0.2, -0.15) is 0 Å². The summed E-state index contributed by atoms with van der Waals surface area (Å²) in [5, 5.41) is 0. The van der Waals surface area contributed by atoms with Crippen LogP contribution in [0.2, 0.25) is 0 Å². The van der Waals surface area contributed by atoms with Crippen LogP contribution in [-0.4, -0.2) is 23.3 Å². The van der Waals surface area contributed by atoms with Crippen LogP contribution < -0.4 is 10.5 Å². The first-order valence-corrected chi connectivity index (χ1v) is 8.94. The van der Waals surface area contributed by atoms with Crippen molar-refractivity contribution in [3.8, 4) is 18.1 Å². The Kier molecular flexibility index (Phi) is 6.33. The Morgan fingerprint density at radius 1 is 1.10 bits per heavy atom. The van der Waals surface area contributed by atoms with E-state index in [9.17, 15) is 9.59 Å². The van der Waals surface area contributed by atoms with E-state index in [4.69, 9.17) is 21.3 Å². The van der Waals surface area contributed by atoms with Gasteiger partial charge in [0.05, 0.1) is 24.9 Å². The van der Waals surface area contributed by atoms with E-state index in [-0.39, 0.29) is 25.6 Å². The van der Waals surface area contributed by atoms with Crippen molar-refractivity contribution in [2.24, 2.45) is 5.73 Å². The number of nitrogens with two attached hydrogens (primary N) is 1. The van der Waals surface area contributed by atoms with Gasteiger partial charge < -0.3 is 19.8 Å². The molecule has 0 aliphatic heterocycles. The number of nitrogens with zero attached hydrogens (tertiary/aromatic N) is 1. The highest BCUT2D eigenvalue weighted by Crippen LogP contribution is 2.19. The zero-order valence-corrected chi connectivity index (χ0v) is 15.7. The van der Waals surface area contributed by atoms with E-state index in [1.807, 2.05) is 6.07 Å². The summed E-state index contributed by atoms with van der Waals surface area (Å²) in [6.45, 7) is 0.619. The van der Waals surface area contributed by atoms with Crippen LogP contribution in [0.5, 0.6) is 5.75 Å².